The molecule has 0 saturated carbocycles. The van der Waals surface area contributed by atoms with Crippen LogP contribution in [0.15, 0.2) is 25.3 Å². The SMILES string of the molecule is C=CCCCCCCCCC(=O)OCC(CC)(CO)COC(=O)CCCCCCCCC=C.CCC(CO)(CO)CO. The van der Waals surface area contributed by atoms with Gasteiger partial charge in [0.25, 0.3) is 0 Å². The predicted molar refractivity (Wildman–Crippen MR) is 170 cm³/mol. The molecule has 0 radical (unpaired) electrons. The number of carbonyl (C=O) groups excluding carboxylic acids is 2. The normalized spacial score (nSPS) is 11.4. The van der Waals surface area contributed by atoms with Crippen LogP contribution in [-0.4, -0.2) is 72.0 Å². The summed E-state index contributed by atoms with van der Waals surface area (Å²) >= 11 is 0. The van der Waals surface area contributed by atoms with Gasteiger partial charge in [-0.05, 0) is 51.4 Å². The second-order valence-corrected chi connectivity index (χ2v) is 11.6. The van der Waals surface area contributed by atoms with Crippen molar-refractivity contribution in [3.05, 3.63) is 25.3 Å². The molecule has 248 valence electrons. The lowest BCUT2D eigenvalue weighted by Gasteiger charge is -2.29. The molecule has 4 N–H and O–H groups in total. The van der Waals surface area contributed by atoms with Crippen molar-refractivity contribution in [1.29, 1.82) is 0 Å². The number of allylic oxidation sites excluding steroid dienone is 2. The number of esters is 2. The highest BCUT2D eigenvalue weighted by atomic mass is 16.5. The van der Waals surface area contributed by atoms with Crippen LogP contribution < -0.4 is 0 Å². The molecule has 0 saturated heterocycles. The van der Waals surface area contributed by atoms with E-state index >= 15 is 0 Å². The molecular weight excluding hydrogens is 536 g/mol. The smallest absolute Gasteiger partial charge is 0.305 e. The molecule has 0 fully saturated rings. The fourth-order valence-corrected chi connectivity index (χ4v) is 4.08. The summed E-state index contributed by atoms with van der Waals surface area (Å²) in [6.45, 7) is 10.7. The van der Waals surface area contributed by atoms with Crippen molar-refractivity contribution in [2.45, 2.75) is 129 Å². The van der Waals surface area contributed by atoms with E-state index < -0.39 is 10.8 Å². The van der Waals surface area contributed by atoms with Crippen molar-refractivity contribution >= 4 is 11.9 Å². The highest BCUT2D eigenvalue weighted by molar-refractivity contribution is 5.69. The van der Waals surface area contributed by atoms with Crippen molar-refractivity contribution in [2.24, 2.45) is 10.8 Å². The maximum atomic E-state index is 12.1. The number of carbonyl (C=O) groups is 2. The molecule has 8 heteroatoms. The van der Waals surface area contributed by atoms with E-state index in [0.717, 1.165) is 51.4 Å². The largest absolute Gasteiger partial charge is 0.465 e. The summed E-state index contributed by atoms with van der Waals surface area (Å²) in [5.41, 5.74) is -1.39. The monoisotopic (exact) mass is 600 g/mol. The second-order valence-electron chi connectivity index (χ2n) is 11.6. The summed E-state index contributed by atoms with van der Waals surface area (Å²) in [4.78, 5) is 24.2. The van der Waals surface area contributed by atoms with Gasteiger partial charge >= 0.3 is 11.9 Å². The molecular formula is C34H64O8. The van der Waals surface area contributed by atoms with E-state index in [0.29, 0.717) is 25.7 Å². The molecule has 0 spiro atoms. The maximum Gasteiger partial charge on any atom is 0.305 e. The highest BCUT2D eigenvalue weighted by Crippen LogP contribution is 2.24. The zero-order chi connectivity index (χ0) is 32.0. The first-order valence-electron chi connectivity index (χ1n) is 16.2. The Labute approximate surface area is 256 Å². The number of hydrogen-bond acceptors (Lipinski definition) is 8. The molecule has 0 aromatic carbocycles. The summed E-state index contributed by atoms with van der Waals surface area (Å²) in [6.07, 6.45) is 21.1. The summed E-state index contributed by atoms with van der Waals surface area (Å²) in [6, 6.07) is 0. The van der Waals surface area contributed by atoms with E-state index in [1.807, 2.05) is 26.0 Å². The Morgan fingerprint density at radius 3 is 1.12 bits per heavy atom. The van der Waals surface area contributed by atoms with E-state index in [4.69, 9.17) is 24.8 Å². The van der Waals surface area contributed by atoms with Crippen molar-refractivity contribution in [1.82, 2.24) is 0 Å². The number of unbranched alkanes of at least 4 members (excludes halogenated alkanes) is 12. The van der Waals surface area contributed by atoms with Crippen LogP contribution in [0, 0.1) is 10.8 Å². The van der Waals surface area contributed by atoms with Gasteiger partial charge in [0.2, 0.25) is 0 Å². The van der Waals surface area contributed by atoms with Gasteiger partial charge in [0.05, 0.1) is 31.8 Å². The molecule has 0 aliphatic heterocycles. The van der Waals surface area contributed by atoms with E-state index in [1.165, 1.54) is 38.5 Å². The molecule has 0 aliphatic carbocycles. The molecule has 8 nitrogen and oxygen atoms in total. The van der Waals surface area contributed by atoms with Crippen molar-refractivity contribution in [3.63, 3.8) is 0 Å². The fourth-order valence-electron chi connectivity index (χ4n) is 4.08. The van der Waals surface area contributed by atoms with E-state index in [9.17, 15) is 14.7 Å². The summed E-state index contributed by atoms with van der Waals surface area (Å²) < 4.78 is 10.9. The molecule has 0 bridgehead atoms. The molecule has 42 heavy (non-hydrogen) atoms. The molecule has 0 unspecified atom stereocenters. The lowest BCUT2D eigenvalue weighted by atomic mass is 9.88. The zero-order valence-corrected chi connectivity index (χ0v) is 27.0. The van der Waals surface area contributed by atoms with Gasteiger partial charge < -0.3 is 29.9 Å². The maximum absolute atomic E-state index is 12.1. The molecule has 0 heterocycles. The van der Waals surface area contributed by atoms with Gasteiger partial charge in [-0.3, -0.25) is 9.59 Å². The Morgan fingerprint density at radius 1 is 0.548 bits per heavy atom. The first-order chi connectivity index (χ1) is 20.3. The van der Waals surface area contributed by atoms with Gasteiger partial charge in [-0.25, -0.2) is 0 Å². The minimum Gasteiger partial charge on any atom is -0.465 e. The first-order valence-corrected chi connectivity index (χ1v) is 16.2. The van der Waals surface area contributed by atoms with Gasteiger partial charge in [-0.1, -0.05) is 77.4 Å². The van der Waals surface area contributed by atoms with Gasteiger partial charge in [0.1, 0.15) is 13.2 Å². The highest BCUT2D eigenvalue weighted by Gasteiger charge is 2.31. The molecule has 0 rings (SSSR count). The zero-order valence-electron chi connectivity index (χ0n) is 27.0. The summed E-state index contributed by atoms with van der Waals surface area (Å²) in [5, 5.41) is 35.8. The Balaban J connectivity index is 0. The lowest BCUT2D eigenvalue weighted by Crippen LogP contribution is -2.37. The van der Waals surface area contributed by atoms with Crippen LogP contribution in [0.2, 0.25) is 0 Å². The van der Waals surface area contributed by atoms with Gasteiger partial charge in [0.15, 0.2) is 0 Å². The number of aliphatic hydroxyl groups excluding tert-OH is 4. The van der Waals surface area contributed by atoms with Crippen LogP contribution in [0.3, 0.4) is 0 Å². The second kappa shape index (κ2) is 29.3. The predicted octanol–water partition coefficient (Wildman–Crippen LogP) is 6.43. The van der Waals surface area contributed by atoms with Crippen molar-refractivity contribution in [2.75, 3.05) is 39.6 Å². The van der Waals surface area contributed by atoms with Crippen molar-refractivity contribution in [3.8, 4) is 0 Å². The Kier molecular flexibility index (Phi) is 29.6. The average molecular weight is 601 g/mol. The minimum atomic E-state index is -0.721. The lowest BCUT2D eigenvalue weighted by molar-refractivity contribution is -0.156. The Bertz CT molecular complexity index is 596. The van der Waals surface area contributed by atoms with Gasteiger partial charge in [-0.15, -0.1) is 13.2 Å². The molecule has 0 atom stereocenters. The quantitative estimate of drug-likeness (QED) is 0.0458. The average Bonchev–Trinajstić information content (AvgIpc) is 3.02. The van der Waals surface area contributed by atoms with E-state index in [2.05, 4.69) is 13.2 Å². The van der Waals surface area contributed by atoms with Crippen LogP contribution in [-0.2, 0) is 19.1 Å². The van der Waals surface area contributed by atoms with Crippen LogP contribution in [0.5, 0.6) is 0 Å². The molecule has 0 aliphatic rings. The van der Waals surface area contributed by atoms with Crippen LogP contribution in [0.25, 0.3) is 0 Å². The van der Waals surface area contributed by atoms with Crippen molar-refractivity contribution < 1.29 is 39.5 Å². The number of rotatable bonds is 28. The van der Waals surface area contributed by atoms with E-state index in [1.54, 1.807) is 0 Å². The number of ether oxygens (including phenoxy) is 2. The van der Waals surface area contributed by atoms with Gasteiger partial charge in [-0.2, -0.15) is 0 Å². The topological polar surface area (TPSA) is 134 Å². The standard InChI is InChI=1S/C28H50O5.C6H14O3/c1-4-7-9-11-13-15-17-19-21-26(30)32-24-28(6-3,23-29)25-33-27(31)22-20-18-16-14-12-10-8-5-2;1-2-6(3-7,4-8)5-9/h4-5,29H,1-2,6-25H2,3H3;7-9H,2-5H2,1H3. The first kappa shape index (κ1) is 42.4. The Hall–Kier alpha value is -1.74. The van der Waals surface area contributed by atoms with E-state index in [-0.39, 0.29) is 51.6 Å². The third-order valence-electron chi connectivity index (χ3n) is 8.00. The fraction of sp³-hybridized carbons (Fsp3) is 0.824. The third kappa shape index (κ3) is 22.8. The number of hydrogen-bond donors (Lipinski definition) is 4. The third-order valence-corrected chi connectivity index (χ3v) is 8.00. The molecule has 0 aromatic heterocycles. The van der Waals surface area contributed by atoms with Crippen LogP contribution >= 0.6 is 0 Å². The van der Waals surface area contributed by atoms with Crippen LogP contribution in [0.1, 0.15) is 129 Å². The summed E-state index contributed by atoms with van der Waals surface area (Å²) in [5.74, 6) is -0.486. The Morgan fingerprint density at radius 2 is 0.857 bits per heavy atom. The molecule has 0 amide bonds. The van der Waals surface area contributed by atoms with Gasteiger partial charge in [0, 0.05) is 18.3 Å². The van der Waals surface area contributed by atoms with Crippen LogP contribution in [0.4, 0.5) is 0 Å². The molecule has 0 aromatic rings. The number of aliphatic hydroxyl groups is 4. The minimum absolute atomic E-state index is 0.0817. The summed E-state index contributed by atoms with van der Waals surface area (Å²) in [7, 11) is 0.